The van der Waals surface area contributed by atoms with Crippen LogP contribution in [-0.2, 0) is 0 Å². The molecule has 0 amide bonds. The van der Waals surface area contributed by atoms with Gasteiger partial charge in [-0.2, -0.15) is 0 Å². The topological polar surface area (TPSA) is 0 Å². The molecule has 0 saturated heterocycles. The van der Waals surface area contributed by atoms with E-state index in [0.29, 0.717) is 5.16 Å². The molecule has 0 aliphatic rings. The van der Waals surface area contributed by atoms with E-state index in [1.165, 1.54) is 23.9 Å². The van der Waals surface area contributed by atoms with Crippen molar-refractivity contribution in [2.45, 2.75) is 45.7 Å². The van der Waals surface area contributed by atoms with Gasteiger partial charge in [0.2, 0.25) is 0 Å². The molecular weight excluding hydrogens is 310 g/mol. The van der Waals surface area contributed by atoms with E-state index in [4.69, 9.17) is 0 Å². The van der Waals surface area contributed by atoms with Gasteiger partial charge in [0, 0.05) is 0 Å². The predicted octanol–water partition coefficient (Wildman–Crippen LogP) is 4.66. The van der Waals surface area contributed by atoms with E-state index in [1.807, 2.05) is 0 Å². The van der Waals surface area contributed by atoms with Gasteiger partial charge in [-0.25, -0.2) is 0 Å². The van der Waals surface area contributed by atoms with E-state index in [2.05, 4.69) is 84.5 Å². The molecule has 0 saturated carbocycles. The molecule has 0 fully saturated rings. The molecule has 3 heteroatoms. The first-order chi connectivity index (χ1) is 7.92. The third-order valence-corrected chi connectivity index (χ3v) is 17.0. The minimum absolute atomic E-state index is 0.326. The summed E-state index contributed by atoms with van der Waals surface area (Å²) in [5.74, 6) is 1.27. The molecule has 0 bridgehead atoms. The fourth-order valence-corrected chi connectivity index (χ4v) is 9.47. The van der Waals surface area contributed by atoms with Crippen LogP contribution < -0.4 is 5.30 Å². The van der Waals surface area contributed by atoms with Crippen molar-refractivity contribution >= 4 is 36.5 Å². The number of hydrogen-bond acceptors (Lipinski definition) is 1. The molecule has 0 nitrogen and oxygen atoms in total. The molecule has 1 aromatic rings. The second kappa shape index (κ2) is 6.62. The van der Waals surface area contributed by atoms with Crippen LogP contribution in [0.3, 0.4) is 0 Å². The molecule has 96 valence electrons. The quantitative estimate of drug-likeness (QED) is 0.429. The van der Waals surface area contributed by atoms with Crippen molar-refractivity contribution in [3.63, 3.8) is 0 Å². The van der Waals surface area contributed by atoms with Crippen LogP contribution in [0.15, 0.2) is 30.3 Å². The Morgan fingerprint density at radius 3 is 2.24 bits per heavy atom. The van der Waals surface area contributed by atoms with Crippen LogP contribution in [0.2, 0.25) is 0 Å². The zero-order valence-electron chi connectivity index (χ0n) is 11.3. The van der Waals surface area contributed by atoms with Crippen molar-refractivity contribution in [2.75, 3.05) is 5.75 Å². The van der Waals surface area contributed by atoms with Crippen molar-refractivity contribution in [3.8, 4) is 0 Å². The summed E-state index contributed by atoms with van der Waals surface area (Å²) in [6.45, 7) is 9.36. The molecule has 1 rings (SSSR count). The first-order valence-corrected chi connectivity index (χ1v) is 11.8. The Morgan fingerprint density at radius 1 is 1.18 bits per heavy atom. The third-order valence-electron chi connectivity index (χ3n) is 2.75. The van der Waals surface area contributed by atoms with Gasteiger partial charge >= 0.3 is 118 Å². The SMILES string of the molecule is CCCCS[P@@](=[Se])(c1ccccc1)C(C)(C)C. The fourth-order valence-electron chi connectivity index (χ4n) is 1.62. The van der Waals surface area contributed by atoms with E-state index in [0.717, 1.165) is 0 Å². The van der Waals surface area contributed by atoms with Crippen LogP contribution in [0.25, 0.3) is 0 Å². The Balaban J connectivity index is 3.00. The van der Waals surface area contributed by atoms with Crippen LogP contribution in [0, 0.1) is 0 Å². The summed E-state index contributed by atoms with van der Waals surface area (Å²) in [6.07, 6.45) is 2.60. The van der Waals surface area contributed by atoms with Crippen LogP contribution >= 0.6 is 16.1 Å². The molecule has 0 aliphatic heterocycles. The van der Waals surface area contributed by atoms with Crippen molar-refractivity contribution in [1.29, 1.82) is 0 Å². The Hall–Kier alpha value is 0.519. The molecule has 17 heavy (non-hydrogen) atoms. The van der Waals surface area contributed by atoms with Gasteiger partial charge in [-0.05, 0) is 0 Å². The van der Waals surface area contributed by atoms with E-state index < -0.39 is 4.71 Å². The fraction of sp³-hybridized carbons (Fsp3) is 0.571. The Kier molecular flexibility index (Phi) is 6.06. The average Bonchev–Trinajstić information content (AvgIpc) is 2.29. The van der Waals surface area contributed by atoms with Crippen molar-refractivity contribution < 1.29 is 0 Å². The monoisotopic (exact) mass is 334 g/mol. The van der Waals surface area contributed by atoms with Crippen molar-refractivity contribution in [3.05, 3.63) is 30.3 Å². The second-order valence-corrected chi connectivity index (χ2v) is 16.3. The molecule has 1 atom stereocenters. The molecular formula is C14H23PSSe. The zero-order valence-corrected chi connectivity index (χ0v) is 14.7. The molecule has 0 radical (unpaired) electrons. The van der Waals surface area contributed by atoms with Crippen molar-refractivity contribution in [2.24, 2.45) is 0 Å². The molecule has 1 aromatic carbocycles. The Labute approximate surface area is 118 Å². The summed E-state index contributed by atoms with van der Waals surface area (Å²) in [4.78, 5) is 0. The summed E-state index contributed by atoms with van der Waals surface area (Å²) in [5.41, 5.74) is 0. The van der Waals surface area contributed by atoms with Gasteiger partial charge in [-0.1, -0.05) is 0 Å². The maximum atomic E-state index is 3.58. The zero-order chi connectivity index (χ0) is 12.9. The van der Waals surface area contributed by atoms with Crippen molar-refractivity contribution in [1.82, 2.24) is 0 Å². The van der Waals surface area contributed by atoms with Crippen LogP contribution in [0.1, 0.15) is 40.5 Å². The molecule has 0 unspecified atom stereocenters. The van der Waals surface area contributed by atoms with E-state index in [-0.39, 0.29) is 0 Å². The van der Waals surface area contributed by atoms with Gasteiger partial charge in [-0.15, -0.1) is 0 Å². The summed E-state index contributed by atoms with van der Waals surface area (Å²) >= 11 is 5.74. The van der Waals surface area contributed by atoms with Crippen LogP contribution in [0.5, 0.6) is 0 Å². The molecule has 0 aromatic heterocycles. The van der Waals surface area contributed by atoms with Gasteiger partial charge in [0.15, 0.2) is 0 Å². The van der Waals surface area contributed by atoms with E-state index in [1.54, 1.807) is 0 Å². The van der Waals surface area contributed by atoms with Crippen LogP contribution in [0.4, 0.5) is 0 Å². The molecule has 0 N–H and O–H groups in total. The summed E-state index contributed by atoms with van der Waals surface area (Å²) in [7, 11) is 0. The maximum absolute atomic E-state index is 3.58. The van der Waals surface area contributed by atoms with Gasteiger partial charge in [-0.3, -0.25) is 0 Å². The Bertz CT molecular complexity index is 381. The molecule has 0 spiro atoms. The third kappa shape index (κ3) is 4.00. The number of hydrogen-bond donors (Lipinski definition) is 0. The molecule has 0 heterocycles. The predicted molar refractivity (Wildman–Crippen MR) is 85.9 cm³/mol. The van der Waals surface area contributed by atoms with Gasteiger partial charge in [0.25, 0.3) is 0 Å². The van der Waals surface area contributed by atoms with E-state index >= 15 is 0 Å². The van der Waals surface area contributed by atoms with Gasteiger partial charge in [0.05, 0.1) is 0 Å². The second-order valence-electron chi connectivity index (χ2n) is 5.24. The van der Waals surface area contributed by atoms with E-state index in [9.17, 15) is 0 Å². The van der Waals surface area contributed by atoms with Gasteiger partial charge < -0.3 is 0 Å². The average molecular weight is 333 g/mol. The first kappa shape index (κ1) is 15.6. The first-order valence-electron chi connectivity index (χ1n) is 6.22. The number of rotatable bonds is 5. The Morgan fingerprint density at radius 2 is 1.76 bits per heavy atom. The normalized spacial score (nSPS) is 15.5. The molecule has 0 aliphatic carbocycles. The summed E-state index contributed by atoms with van der Waals surface area (Å²) in [5, 5.41) is 1.83. The summed E-state index contributed by atoms with van der Waals surface area (Å²) in [6, 6.07) is 11.0. The number of unbranched alkanes of at least 4 members (excludes halogenated alkanes) is 1. The number of benzene rings is 1. The standard InChI is InChI=1S/C14H23PSSe/c1-5-6-12-16-15(17,14(2,3)4)13-10-8-7-9-11-13/h7-11H,5-6,12H2,1-4H3/t15-/m1/s1. The summed E-state index contributed by atoms with van der Waals surface area (Å²) < 4.78 is -1.24. The minimum atomic E-state index is -1.24. The van der Waals surface area contributed by atoms with Gasteiger partial charge in [0.1, 0.15) is 0 Å². The van der Waals surface area contributed by atoms with Crippen LogP contribution in [-0.4, -0.2) is 26.0 Å².